The number of methoxy groups -OCH3 is 1. The van der Waals surface area contributed by atoms with Crippen LogP contribution in [0.4, 0.5) is 5.13 Å². The maximum Gasteiger partial charge on any atom is 0.186 e. The maximum atomic E-state index is 5.79. The molecule has 3 aromatic carbocycles. The number of nitrogens with zero attached hydrogens (tertiary/aromatic N) is 7. The molecule has 1 atom stereocenters. The first-order chi connectivity index (χ1) is 18.3. The van der Waals surface area contributed by atoms with Crippen molar-refractivity contribution in [3.05, 3.63) is 95.8 Å². The highest BCUT2D eigenvalue weighted by Gasteiger charge is 2.33. The van der Waals surface area contributed by atoms with Gasteiger partial charge in [0.15, 0.2) is 11.0 Å². The smallest absolute Gasteiger partial charge is 0.186 e. The minimum absolute atomic E-state index is 0.112. The van der Waals surface area contributed by atoms with Crippen LogP contribution in [-0.4, -0.2) is 63.4 Å². The Morgan fingerprint density at radius 3 is 2.46 bits per heavy atom. The Bertz CT molecular complexity index is 1430. The number of fused-ring (bicyclic) bond motifs is 1. The molecule has 37 heavy (non-hydrogen) atoms. The second-order valence-corrected chi connectivity index (χ2v) is 10.1. The van der Waals surface area contributed by atoms with Crippen molar-refractivity contribution in [2.45, 2.75) is 19.0 Å². The number of hydrogen-bond acceptors (Lipinski definition) is 8. The quantitative estimate of drug-likeness (QED) is 0.305. The largest absolute Gasteiger partial charge is 0.496 e. The third kappa shape index (κ3) is 4.92. The zero-order valence-corrected chi connectivity index (χ0v) is 21.6. The van der Waals surface area contributed by atoms with Gasteiger partial charge in [0.1, 0.15) is 11.8 Å². The highest BCUT2D eigenvalue weighted by atomic mass is 32.1. The predicted octanol–water partition coefficient (Wildman–Crippen LogP) is 4.45. The van der Waals surface area contributed by atoms with E-state index in [9.17, 15) is 0 Å². The van der Waals surface area contributed by atoms with Crippen molar-refractivity contribution >= 4 is 26.7 Å². The lowest BCUT2D eigenvalue weighted by Gasteiger charge is -2.39. The van der Waals surface area contributed by atoms with E-state index in [1.165, 1.54) is 10.3 Å². The molecule has 8 nitrogen and oxygen atoms in total. The Morgan fingerprint density at radius 1 is 0.892 bits per heavy atom. The summed E-state index contributed by atoms with van der Waals surface area (Å²) in [6.07, 6.45) is 0.864. The predicted molar refractivity (Wildman–Crippen MR) is 146 cm³/mol. The van der Waals surface area contributed by atoms with Gasteiger partial charge in [-0.3, -0.25) is 4.90 Å². The first-order valence-corrected chi connectivity index (χ1v) is 13.4. The molecular formula is C28H29N7OS. The van der Waals surface area contributed by atoms with E-state index in [0.29, 0.717) is 6.54 Å². The molecule has 0 bridgehead atoms. The molecule has 2 aromatic heterocycles. The molecule has 1 fully saturated rings. The van der Waals surface area contributed by atoms with Crippen molar-refractivity contribution in [3.8, 4) is 5.75 Å². The number of anilines is 1. The van der Waals surface area contributed by atoms with Gasteiger partial charge < -0.3 is 9.64 Å². The Balaban J connectivity index is 1.27. The van der Waals surface area contributed by atoms with Gasteiger partial charge in [-0.05, 0) is 40.6 Å². The van der Waals surface area contributed by atoms with Gasteiger partial charge in [-0.2, -0.15) is 0 Å². The fourth-order valence-corrected chi connectivity index (χ4v) is 6.02. The van der Waals surface area contributed by atoms with Crippen molar-refractivity contribution in [3.63, 3.8) is 0 Å². The zero-order chi connectivity index (χ0) is 25.0. The molecule has 0 radical (unpaired) electrons. The molecule has 6 rings (SSSR count). The minimum Gasteiger partial charge on any atom is -0.496 e. The zero-order valence-electron chi connectivity index (χ0n) is 20.8. The van der Waals surface area contributed by atoms with Gasteiger partial charge in [0.05, 0.1) is 17.3 Å². The van der Waals surface area contributed by atoms with Crippen molar-refractivity contribution < 1.29 is 4.74 Å². The van der Waals surface area contributed by atoms with E-state index in [1.54, 1.807) is 18.4 Å². The molecular weight excluding hydrogens is 482 g/mol. The number of tetrazole rings is 1. The molecule has 1 saturated heterocycles. The maximum absolute atomic E-state index is 5.79. The highest BCUT2D eigenvalue weighted by molar-refractivity contribution is 7.22. The van der Waals surface area contributed by atoms with E-state index in [1.807, 2.05) is 28.9 Å². The summed E-state index contributed by atoms with van der Waals surface area (Å²) in [5.74, 6) is 1.69. The molecule has 0 aliphatic carbocycles. The van der Waals surface area contributed by atoms with Gasteiger partial charge in [0, 0.05) is 38.3 Å². The molecule has 1 unspecified atom stereocenters. The van der Waals surface area contributed by atoms with Gasteiger partial charge in [-0.1, -0.05) is 72.0 Å². The number of piperazine rings is 1. The van der Waals surface area contributed by atoms with Crippen LogP contribution in [0.1, 0.15) is 23.0 Å². The number of thiazole rings is 1. The van der Waals surface area contributed by atoms with E-state index in [4.69, 9.17) is 9.72 Å². The minimum atomic E-state index is -0.112. The first-order valence-electron chi connectivity index (χ1n) is 12.6. The fraction of sp³-hybridized carbons (Fsp3) is 0.286. The summed E-state index contributed by atoms with van der Waals surface area (Å²) in [5, 5.41) is 14.1. The normalized spacial score (nSPS) is 15.2. The topological polar surface area (TPSA) is 72.2 Å². The van der Waals surface area contributed by atoms with Crippen molar-refractivity contribution in [2.75, 3.05) is 38.2 Å². The van der Waals surface area contributed by atoms with Crippen LogP contribution in [0.25, 0.3) is 10.2 Å². The molecule has 1 aliphatic heterocycles. The monoisotopic (exact) mass is 511 g/mol. The molecule has 188 valence electrons. The number of aryl methyl sites for hydroxylation is 2. The highest BCUT2D eigenvalue weighted by Crippen LogP contribution is 2.35. The number of rotatable bonds is 8. The lowest BCUT2D eigenvalue weighted by Crippen LogP contribution is -2.48. The second-order valence-electron chi connectivity index (χ2n) is 9.13. The second kappa shape index (κ2) is 10.7. The Labute approximate surface area is 220 Å². The Hall–Kier alpha value is -3.82. The third-order valence-electron chi connectivity index (χ3n) is 6.93. The van der Waals surface area contributed by atoms with Crippen LogP contribution in [0, 0.1) is 0 Å². The van der Waals surface area contributed by atoms with Crippen molar-refractivity contribution in [1.82, 2.24) is 30.1 Å². The number of hydrogen-bond donors (Lipinski definition) is 0. The summed E-state index contributed by atoms with van der Waals surface area (Å²) < 4.78 is 8.96. The summed E-state index contributed by atoms with van der Waals surface area (Å²) in [7, 11) is 1.72. The molecule has 0 N–H and O–H groups in total. The van der Waals surface area contributed by atoms with Crippen LogP contribution in [0.2, 0.25) is 0 Å². The summed E-state index contributed by atoms with van der Waals surface area (Å²) >= 11 is 1.76. The number of benzene rings is 3. The lowest BCUT2D eigenvalue weighted by atomic mass is 10.0. The lowest BCUT2D eigenvalue weighted by molar-refractivity contribution is 0.197. The van der Waals surface area contributed by atoms with Crippen LogP contribution >= 0.6 is 11.3 Å². The van der Waals surface area contributed by atoms with E-state index < -0.39 is 0 Å². The summed E-state index contributed by atoms with van der Waals surface area (Å²) in [5.41, 5.74) is 3.41. The molecule has 0 spiro atoms. The number of para-hydroxylation sites is 2. The van der Waals surface area contributed by atoms with Crippen molar-refractivity contribution in [1.29, 1.82) is 0 Å². The third-order valence-corrected chi connectivity index (χ3v) is 8.02. The molecule has 0 saturated carbocycles. The van der Waals surface area contributed by atoms with Crippen LogP contribution in [0.3, 0.4) is 0 Å². The SMILES string of the molecule is COc1ccccc1C(c1nnnn1CCc1ccccc1)N1CCN(c2nc3ccccc3s2)CC1. The molecule has 9 heteroatoms. The molecule has 3 heterocycles. The van der Waals surface area contributed by atoms with Crippen LogP contribution in [0.5, 0.6) is 5.75 Å². The Kier molecular flexibility index (Phi) is 6.79. The molecule has 1 aliphatic rings. The number of aromatic nitrogens is 5. The number of ether oxygens (including phenoxy) is 1. The standard InChI is InChI=1S/C28H29N7OS/c1-36-24-13-7-5-11-22(24)26(27-30-31-32-35(27)16-15-21-9-3-2-4-10-21)33-17-19-34(20-18-33)28-29-23-12-6-8-14-25(23)37-28/h2-14,26H,15-20H2,1H3. The Morgan fingerprint density at radius 2 is 1.65 bits per heavy atom. The summed E-state index contributed by atoms with van der Waals surface area (Å²) in [6, 6.07) is 26.9. The summed E-state index contributed by atoms with van der Waals surface area (Å²) in [6.45, 7) is 4.21. The van der Waals surface area contributed by atoms with Gasteiger partial charge >= 0.3 is 0 Å². The van der Waals surface area contributed by atoms with E-state index in [-0.39, 0.29) is 6.04 Å². The van der Waals surface area contributed by atoms with Crippen LogP contribution in [-0.2, 0) is 13.0 Å². The van der Waals surface area contributed by atoms with Gasteiger partial charge in [-0.15, -0.1) is 5.10 Å². The van der Waals surface area contributed by atoms with Crippen molar-refractivity contribution in [2.24, 2.45) is 0 Å². The fourth-order valence-electron chi connectivity index (χ4n) is 5.00. The summed E-state index contributed by atoms with van der Waals surface area (Å²) in [4.78, 5) is 9.73. The van der Waals surface area contributed by atoms with Gasteiger partial charge in [-0.25, -0.2) is 9.67 Å². The van der Waals surface area contributed by atoms with Gasteiger partial charge in [0.25, 0.3) is 0 Å². The molecule has 0 amide bonds. The average Bonchev–Trinajstić information content (AvgIpc) is 3.61. The van der Waals surface area contributed by atoms with E-state index in [0.717, 1.165) is 60.4 Å². The molecule has 5 aromatic rings. The van der Waals surface area contributed by atoms with Crippen LogP contribution < -0.4 is 9.64 Å². The van der Waals surface area contributed by atoms with E-state index in [2.05, 4.69) is 79.9 Å². The van der Waals surface area contributed by atoms with Crippen LogP contribution in [0.15, 0.2) is 78.9 Å². The van der Waals surface area contributed by atoms with Gasteiger partial charge in [0.2, 0.25) is 0 Å². The van der Waals surface area contributed by atoms with E-state index >= 15 is 0 Å². The average molecular weight is 512 g/mol. The first kappa shape index (κ1) is 23.6.